The third-order valence-corrected chi connectivity index (χ3v) is 3.24. The van der Waals surface area contributed by atoms with Gasteiger partial charge in [0, 0.05) is 12.5 Å². The van der Waals surface area contributed by atoms with E-state index in [0.29, 0.717) is 6.42 Å². The van der Waals surface area contributed by atoms with E-state index in [0.717, 1.165) is 37.3 Å². The molecule has 1 aromatic carbocycles. The number of nitrogens with zero attached hydrogens (tertiary/aromatic N) is 1. The van der Waals surface area contributed by atoms with Crippen molar-refractivity contribution >= 4 is 17.3 Å². The molecule has 0 fully saturated rings. The van der Waals surface area contributed by atoms with E-state index in [9.17, 15) is 20.0 Å². The van der Waals surface area contributed by atoms with Crippen molar-refractivity contribution in [2.75, 3.05) is 5.32 Å². The molecule has 1 aliphatic carbocycles. The molecular formula is C14H16N2O4. The first-order valence-corrected chi connectivity index (χ1v) is 6.51. The van der Waals surface area contributed by atoms with E-state index in [4.69, 9.17) is 0 Å². The number of non-ortho nitro benzene ring substituents is 1. The van der Waals surface area contributed by atoms with Crippen LogP contribution < -0.4 is 5.32 Å². The minimum atomic E-state index is -0.599. The third kappa shape index (κ3) is 3.57. The molecule has 20 heavy (non-hydrogen) atoms. The summed E-state index contributed by atoms with van der Waals surface area (Å²) in [5, 5.41) is 22.8. The quantitative estimate of drug-likeness (QED) is 0.382. The number of benzene rings is 1. The highest BCUT2D eigenvalue weighted by atomic mass is 16.6. The number of hydrogen-bond donors (Lipinski definition) is 2. The number of anilines is 1. The molecule has 0 spiro atoms. The van der Waals surface area contributed by atoms with E-state index in [1.165, 1.54) is 12.1 Å². The Bertz CT molecular complexity index is 566. The van der Waals surface area contributed by atoms with E-state index in [2.05, 4.69) is 11.4 Å². The first-order chi connectivity index (χ1) is 9.56. The van der Waals surface area contributed by atoms with E-state index in [-0.39, 0.29) is 23.0 Å². The molecule has 2 rings (SSSR count). The van der Waals surface area contributed by atoms with Crippen molar-refractivity contribution in [3.05, 3.63) is 40.0 Å². The normalized spacial score (nSPS) is 14.5. The number of nitro groups is 1. The molecule has 0 saturated carbocycles. The zero-order chi connectivity index (χ0) is 14.5. The molecule has 1 aliphatic rings. The van der Waals surface area contributed by atoms with Crippen LogP contribution in [0.2, 0.25) is 0 Å². The highest BCUT2D eigenvalue weighted by molar-refractivity contribution is 5.93. The molecule has 6 nitrogen and oxygen atoms in total. The van der Waals surface area contributed by atoms with Crippen molar-refractivity contribution in [2.24, 2.45) is 0 Å². The van der Waals surface area contributed by atoms with Gasteiger partial charge in [0.2, 0.25) is 5.91 Å². The first kappa shape index (κ1) is 14.0. The molecule has 0 aliphatic heterocycles. The summed E-state index contributed by atoms with van der Waals surface area (Å²) in [6.45, 7) is 0. The molecule has 0 unspecified atom stereocenters. The van der Waals surface area contributed by atoms with Gasteiger partial charge in [-0.2, -0.15) is 0 Å². The van der Waals surface area contributed by atoms with Crippen LogP contribution in [0.1, 0.15) is 32.1 Å². The summed E-state index contributed by atoms with van der Waals surface area (Å²) in [5.41, 5.74) is 1.09. The topological polar surface area (TPSA) is 92.5 Å². The van der Waals surface area contributed by atoms with Gasteiger partial charge >= 0.3 is 0 Å². The van der Waals surface area contributed by atoms with E-state index < -0.39 is 4.92 Å². The summed E-state index contributed by atoms with van der Waals surface area (Å²) in [7, 11) is 0. The Hall–Kier alpha value is -2.37. The average molecular weight is 276 g/mol. The van der Waals surface area contributed by atoms with Crippen LogP contribution in [-0.2, 0) is 4.79 Å². The van der Waals surface area contributed by atoms with Gasteiger partial charge in [-0.3, -0.25) is 14.9 Å². The van der Waals surface area contributed by atoms with Crippen LogP contribution in [-0.4, -0.2) is 15.9 Å². The number of rotatable bonds is 4. The predicted molar refractivity (Wildman–Crippen MR) is 74.6 cm³/mol. The van der Waals surface area contributed by atoms with Crippen molar-refractivity contribution in [3.8, 4) is 5.75 Å². The Morgan fingerprint density at radius 2 is 2.20 bits per heavy atom. The Balaban J connectivity index is 2.00. The second-order valence-corrected chi connectivity index (χ2v) is 4.79. The summed E-state index contributed by atoms with van der Waals surface area (Å²) in [6, 6.07) is 3.60. The SMILES string of the molecule is O=C(CC1=CCCCC1)Nc1ccc([N+](=O)[O-])cc1O. The van der Waals surface area contributed by atoms with Gasteiger partial charge in [0.15, 0.2) is 0 Å². The zero-order valence-electron chi connectivity index (χ0n) is 11.0. The fraction of sp³-hybridized carbons (Fsp3) is 0.357. The van der Waals surface area contributed by atoms with Crippen LogP contribution in [0.25, 0.3) is 0 Å². The minimum Gasteiger partial charge on any atom is -0.506 e. The lowest BCUT2D eigenvalue weighted by Gasteiger charge is -2.13. The molecule has 0 saturated heterocycles. The van der Waals surface area contributed by atoms with E-state index >= 15 is 0 Å². The Morgan fingerprint density at radius 3 is 2.80 bits per heavy atom. The summed E-state index contributed by atoms with van der Waals surface area (Å²) >= 11 is 0. The lowest BCUT2D eigenvalue weighted by Crippen LogP contribution is -2.13. The molecule has 0 atom stereocenters. The maximum absolute atomic E-state index is 11.9. The van der Waals surface area contributed by atoms with Crippen molar-refractivity contribution in [1.82, 2.24) is 0 Å². The number of carbonyl (C=O) groups excluding carboxylic acids is 1. The Labute approximate surface area is 116 Å². The molecule has 0 bridgehead atoms. The number of phenols is 1. The standard InChI is InChI=1S/C14H16N2O4/c17-13-9-11(16(19)20)6-7-12(13)15-14(18)8-10-4-2-1-3-5-10/h4,6-7,9,17H,1-3,5,8H2,(H,15,18). The molecule has 0 aromatic heterocycles. The van der Waals surface area contributed by atoms with Gasteiger partial charge in [-0.15, -0.1) is 0 Å². The van der Waals surface area contributed by atoms with Crippen LogP contribution in [0.3, 0.4) is 0 Å². The van der Waals surface area contributed by atoms with Gasteiger partial charge in [-0.25, -0.2) is 0 Å². The smallest absolute Gasteiger partial charge is 0.273 e. The van der Waals surface area contributed by atoms with Gasteiger partial charge in [0.05, 0.1) is 16.7 Å². The summed E-state index contributed by atoms with van der Waals surface area (Å²) in [4.78, 5) is 21.8. The summed E-state index contributed by atoms with van der Waals surface area (Å²) in [6.07, 6.45) is 6.58. The minimum absolute atomic E-state index is 0.192. The number of phenolic OH excluding ortho intramolecular Hbond substituents is 1. The molecule has 0 radical (unpaired) electrons. The van der Waals surface area contributed by atoms with E-state index in [1.54, 1.807) is 0 Å². The largest absolute Gasteiger partial charge is 0.506 e. The van der Waals surface area contributed by atoms with Crippen LogP contribution in [0.15, 0.2) is 29.8 Å². The van der Waals surface area contributed by atoms with Gasteiger partial charge in [-0.05, 0) is 31.7 Å². The predicted octanol–water partition coefficient (Wildman–Crippen LogP) is 3.13. The highest BCUT2D eigenvalue weighted by Crippen LogP contribution is 2.28. The molecule has 2 N–H and O–H groups in total. The molecule has 106 valence electrons. The summed E-state index contributed by atoms with van der Waals surface area (Å²) < 4.78 is 0. The second-order valence-electron chi connectivity index (χ2n) is 4.79. The highest BCUT2D eigenvalue weighted by Gasteiger charge is 2.13. The lowest BCUT2D eigenvalue weighted by atomic mass is 9.97. The fourth-order valence-corrected chi connectivity index (χ4v) is 2.21. The third-order valence-electron chi connectivity index (χ3n) is 3.24. The monoisotopic (exact) mass is 276 g/mol. The van der Waals surface area contributed by atoms with Crippen molar-refractivity contribution in [1.29, 1.82) is 0 Å². The molecular weight excluding hydrogens is 260 g/mol. The number of amides is 1. The molecule has 1 aromatic rings. The Morgan fingerprint density at radius 1 is 1.40 bits per heavy atom. The molecule has 0 heterocycles. The van der Waals surface area contributed by atoms with Crippen molar-refractivity contribution < 1.29 is 14.8 Å². The lowest BCUT2D eigenvalue weighted by molar-refractivity contribution is -0.384. The number of allylic oxidation sites excluding steroid dienone is 1. The van der Waals surface area contributed by atoms with Gasteiger partial charge < -0.3 is 10.4 Å². The van der Waals surface area contributed by atoms with Crippen molar-refractivity contribution in [2.45, 2.75) is 32.1 Å². The fourth-order valence-electron chi connectivity index (χ4n) is 2.21. The maximum atomic E-state index is 11.9. The van der Waals surface area contributed by atoms with Crippen molar-refractivity contribution in [3.63, 3.8) is 0 Å². The van der Waals surface area contributed by atoms with Crippen LogP contribution in [0, 0.1) is 10.1 Å². The average Bonchev–Trinajstić information content (AvgIpc) is 2.42. The number of carbonyl (C=O) groups is 1. The molecule has 6 heteroatoms. The number of nitro benzene ring substituents is 1. The number of aromatic hydroxyl groups is 1. The van der Waals surface area contributed by atoms with Crippen LogP contribution in [0.4, 0.5) is 11.4 Å². The summed E-state index contributed by atoms with van der Waals surface area (Å²) in [5.74, 6) is -0.521. The maximum Gasteiger partial charge on any atom is 0.273 e. The Kier molecular flexibility index (Phi) is 4.34. The zero-order valence-corrected chi connectivity index (χ0v) is 11.0. The second kappa shape index (κ2) is 6.18. The van der Waals surface area contributed by atoms with Gasteiger partial charge in [0.1, 0.15) is 5.75 Å². The van der Waals surface area contributed by atoms with Gasteiger partial charge in [0.25, 0.3) is 5.69 Å². The van der Waals surface area contributed by atoms with Crippen LogP contribution in [0.5, 0.6) is 5.75 Å². The number of nitrogens with one attached hydrogen (secondary N) is 1. The first-order valence-electron chi connectivity index (χ1n) is 6.51. The number of hydrogen-bond acceptors (Lipinski definition) is 4. The molecule has 1 amide bonds. The van der Waals surface area contributed by atoms with Crippen LogP contribution >= 0.6 is 0 Å². The van der Waals surface area contributed by atoms with E-state index in [1.807, 2.05) is 0 Å². The van der Waals surface area contributed by atoms with Gasteiger partial charge in [-0.1, -0.05) is 11.6 Å².